The third kappa shape index (κ3) is 3.72. The number of hydrogen-bond acceptors (Lipinski definition) is 5. The zero-order valence-electron chi connectivity index (χ0n) is 13.0. The first-order chi connectivity index (χ1) is 9.58. The number of hydrogen-bond donors (Lipinski definition) is 1. The van der Waals surface area contributed by atoms with E-state index in [0.717, 1.165) is 44.8 Å². The Balaban J connectivity index is 2.88. The highest BCUT2D eigenvalue weighted by Crippen LogP contribution is 2.16. The van der Waals surface area contributed by atoms with Crippen LogP contribution in [0.25, 0.3) is 0 Å². The number of nitrogens with two attached hydrogens (primary N) is 1. The summed E-state index contributed by atoms with van der Waals surface area (Å²) in [6.45, 7) is 10.0. The van der Waals surface area contributed by atoms with E-state index < -0.39 is 5.97 Å². The maximum Gasteiger partial charge on any atom is 0.360 e. The van der Waals surface area contributed by atoms with Gasteiger partial charge in [-0.2, -0.15) is 0 Å². The first-order valence-electron chi connectivity index (χ1n) is 7.24. The van der Waals surface area contributed by atoms with E-state index >= 15 is 0 Å². The number of carbonyl (C=O) groups excluding carboxylic acids is 1. The molecule has 0 unspecified atom stereocenters. The van der Waals surface area contributed by atoms with Crippen LogP contribution >= 0.6 is 0 Å². The summed E-state index contributed by atoms with van der Waals surface area (Å²) in [5.74, 6) is 0.758. The molecule has 20 heavy (non-hydrogen) atoms. The van der Waals surface area contributed by atoms with Gasteiger partial charge in [0.05, 0.1) is 7.11 Å². The van der Waals surface area contributed by atoms with Crippen molar-refractivity contribution < 1.29 is 9.53 Å². The summed E-state index contributed by atoms with van der Waals surface area (Å²) in [4.78, 5) is 18.3. The molecule has 114 valence electrons. The summed E-state index contributed by atoms with van der Waals surface area (Å²) in [6.07, 6.45) is 1.86. The summed E-state index contributed by atoms with van der Waals surface area (Å²) < 4.78 is 6.63. The lowest BCUT2D eigenvalue weighted by atomic mass is 10.3. The third-order valence-electron chi connectivity index (χ3n) is 3.41. The molecule has 1 aromatic heterocycles. The van der Waals surface area contributed by atoms with Crippen molar-refractivity contribution in [2.45, 2.75) is 40.2 Å². The molecule has 1 aromatic rings. The van der Waals surface area contributed by atoms with Crippen LogP contribution in [0.3, 0.4) is 0 Å². The van der Waals surface area contributed by atoms with E-state index in [2.05, 4.69) is 23.7 Å². The van der Waals surface area contributed by atoms with Crippen LogP contribution in [-0.4, -0.2) is 47.2 Å². The molecule has 0 aromatic carbocycles. The lowest BCUT2D eigenvalue weighted by molar-refractivity contribution is 0.0595. The predicted octanol–water partition coefficient (Wildman–Crippen LogP) is 1.55. The fourth-order valence-corrected chi connectivity index (χ4v) is 2.27. The number of esters is 1. The molecule has 0 radical (unpaired) electrons. The van der Waals surface area contributed by atoms with Crippen molar-refractivity contribution in [1.29, 1.82) is 0 Å². The number of imidazole rings is 1. The second-order valence-corrected chi connectivity index (χ2v) is 4.69. The monoisotopic (exact) mass is 282 g/mol. The smallest absolute Gasteiger partial charge is 0.360 e. The van der Waals surface area contributed by atoms with Crippen molar-refractivity contribution in [1.82, 2.24) is 14.5 Å². The van der Waals surface area contributed by atoms with E-state index in [-0.39, 0.29) is 5.69 Å². The fourth-order valence-electron chi connectivity index (χ4n) is 2.27. The molecule has 1 rings (SSSR count). The van der Waals surface area contributed by atoms with Crippen LogP contribution in [0.2, 0.25) is 0 Å². The minimum atomic E-state index is -0.475. The Bertz CT molecular complexity index is 443. The Kier molecular flexibility index (Phi) is 6.51. The molecule has 6 nitrogen and oxygen atoms in total. The van der Waals surface area contributed by atoms with Crippen molar-refractivity contribution in [2.24, 2.45) is 0 Å². The fraction of sp³-hybridized carbons (Fsp3) is 0.714. The molecule has 0 bridgehead atoms. The minimum absolute atomic E-state index is 0.225. The quantitative estimate of drug-likeness (QED) is 0.732. The van der Waals surface area contributed by atoms with Crippen LogP contribution < -0.4 is 5.73 Å². The second kappa shape index (κ2) is 7.89. The highest BCUT2D eigenvalue weighted by atomic mass is 16.5. The van der Waals surface area contributed by atoms with Crippen molar-refractivity contribution in [2.75, 3.05) is 32.5 Å². The molecule has 0 saturated heterocycles. The minimum Gasteiger partial charge on any atom is -0.464 e. The van der Waals surface area contributed by atoms with E-state index in [1.807, 2.05) is 11.5 Å². The summed E-state index contributed by atoms with van der Waals surface area (Å²) in [5.41, 5.74) is 6.26. The van der Waals surface area contributed by atoms with Crippen molar-refractivity contribution in [3.8, 4) is 0 Å². The van der Waals surface area contributed by atoms with Gasteiger partial charge in [0.1, 0.15) is 11.6 Å². The van der Waals surface area contributed by atoms with Gasteiger partial charge in [0.15, 0.2) is 5.69 Å². The van der Waals surface area contributed by atoms with E-state index in [9.17, 15) is 4.79 Å². The van der Waals surface area contributed by atoms with Gasteiger partial charge in [-0.15, -0.1) is 0 Å². The van der Waals surface area contributed by atoms with Gasteiger partial charge in [-0.1, -0.05) is 20.8 Å². The number of ether oxygens (including phenoxy) is 1. The van der Waals surface area contributed by atoms with Crippen molar-refractivity contribution >= 4 is 11.8 Å². The molecule has 0 aliphatic heterocycles. The van der Waals surface area contributed by atoms with Crippen LogP contribution in [0.15, 0.2) is 0 Å². The first-order valence-corrected chi connectivity index (χ1v) is 7.24. The van der Waals surface area contributed by atoms with E-state index in [1.54, 1.807) is 0 Å². The van der Waals surface area contributed by atoms with Gasteiger partial charge >= 0.3 is 5.97 Å². The summed E-state index contributed by atoms with van der Waals surface area (Å²) in [6, 6.07) is 0. The Labute approximate surface area is 120 Å². The number of aromatic nitrogens is 2. The molecule has 0 aliphatic rings. The SMILES string of the molecule is CCCN(CC)CCn1c(CC)nc(C(=O)OC)c1N. The molecule has 0 fully saturated rings. The lowest BCUT2D eigenvalue weighted by Gasteiger charge is -2.20. The average molecular weight is 282 g/mol. The molecule has 2 N–H and O–H groups in total. The topological polar surface area (TPSA) is 73.4 Å². The number of carbonyl (C=O) groups is 1. The van der Waals surface area contributed by atoms with E-state index in [0.29, 0.717) is 5.82 Å². The van der Waals surface area contributed by atoms with Gasteiger partial charge in [-0.3, -0.25) is 0 Å². The van der Waals surface area contributed by atoms with Crippen LogP contribution in [0, 0.1) is 0 Å². The molecular weight excluding hydrogens is 256 g/mol. The number of likely N-dealkylation sites (N-methyl/N-ethyl adjacent to an activating group) is 1. The standard InChI is InChI=1S/C14H26N4O2/c1-5-8-17(7-3)9-10-18-11(6-2)16-12(13(18)15)14(19)20-4/h5-10,15H2,1-4H3. The van der Waals surface area contributed by atoms with Crippen molar-refractivity contribution in [3.05, 3.63) is 11.5 Å². The van der Waals surface area contributed by atoms with Gasteiger partial charge in [-0.25, -0.2) is 9.78 Å². The van der Waals surface area contributed by atoms with Gasteiger partial charge < -0.3 is 19.9 Å². The Hall–Kier alpha value is -1.56. The zero-order valence-corrected chi connectivity index (χ0v) is 13.0. The number of nitrogens with zero attached hydrogens (tertiary/aromatic N) is 3. The van der Waals surface area contributed by atoms with Crippen LogP contribution in [0.5, 0.6) is 0 Å². The number of aryl methyl sites for hydroxylation is 1. The lowest BCUT2D eigenvalue weighted by Crippen LogP contribution is -2.29. The Morgan fingerprint density at radius 3 is 2.55 bits per heavy atom. The van der Waals surface area contributed by atoms with Gasteiger partial charge in [0.25, 0.3) is 0 Å². The average Bonchev–Trinajstić information content (AvgIpc) is 2.79. The van der Waals surface area contributed by atoms with E-state index in [4.69, 9.17) is 10.5 Å². The van der Waals surface area contributed by atoms with Crippen LogP contribution in [0.4, 0.5) is 5.82 Å². The van der Waals surface area contributed by atoms with Gasteiger partial charge in [0, 0.05) is 19.5 Å². The normalized spacial score (nSPS) is 11.1. The number of rotatable bonds is 8. The molecule has 0 spiro atoms. The zero-order chi connectivity index (χ0) is 15.1. The van der Waals surface area contributed by atoms with Crippen LogP contribution in [-0.2, 0) is 17.7 Å². The Morgan fingerprint density at radius 2 is 2.05 bits per heavy atom. The number of nitrogen functional groups attached to an aromatic ring is 1. The Morgan fingerprint density at radius 1 is 1.35 bits per heavy atom. The second-order valence-electron chi connectivity index (χ2n) is 4.69. The molecule has 0 atom stereocenters. The maximum atomic E-state index is 11.6. The third-order valence-corrected chi connectivity index (χ3v) is 3.41. The summed E-state index contributed by atoms with van der Waals surface area (Å²) in [5, 5.41) is 0. The number of anilines is 1. The molecule has 0 aliphatic carbocycles. The largest absolute Gasteiger partial charge is 0.464 e. The van der Waals surface area contributed by atoms with Crippen LogP contribution in [0.1, 0.15) is 43.5 Å². The summed E-state index contributed by atoms with van der Waals surface area (Å²) >= 11 is 0. The molecule has 0 saturated carbocycles. The summed E-state index contributed by atoms with van der Waals surface area (Å²) in [7, 11) is 1.34. The molecular formula is C14H26N4O2. The highest BCUT2D eigenvalue weighted by molar-refractivity contribution is 5.92. The predicted molar refractivity (Wildman–Crippen MR) is 79.8 cm³/mol. The number of methoxy groups -OCH3 is 1. The molecule has 6 heteroatoms. The van der Waals surface area contributed by atoms with Gasteiger partial charge in [0.2, 0.25) is 0 Å². The van der Waals surface area contributed by atoms with E-state index in [1.165, 1.54) is 7.11 Å². The first kappa shape index (κ1) is 16.5. The maximum absolute atomic E-state index is 11.6. The highest BCUT2D eigenvalue weighted by Gasteiger charge is 2.20. The molecule has 1 heterocycles. The van der Waals surface area contributed by atoms with Gasteiger partial charge in [-0.05, 0) is 19.5 Å². The van der Waals surface area contributed by atoms with Crippen molar-refractivity contribution in [3.63, 3.8) is 0 Å². The molecule has 0 amide bonds.